The highest BCUT2D eigenvalue weighted by molar-refractivity contribution is 5.59. The molecule has 0 aromatic heterocycles. The van der Waals surface area contributed by atoms with Gasteiger partial charge in [-0.25, -0.2) is 0 Å². The number of hydrogen-bond acceptors (Lipinski definition) is 4. The average molecular weight is 196 g/mol. The summed E-state index contributed by atoms with van der Waals surface area (Å²) in [4.78, 5) is 22.5. The molecule has 0 aliphatic rings. The van der Waals surface area contributed by atoms with Gasteiger partial charge in [-0.2, -0.15) is 0 Å². The van der Waals surface area contributed by atoms with Gasteiger partial charge < -0.3 is 11.1 Å². The number of nitrogens with one attached hydrogen (secondary N) is 1. The van der Waals surface area contributed by atoms with Crippen LogP contribution in [0.15, 0.2) is 9.59 Å². The van der Waals surface area contributed by atoms with Crippen molar-refractivity contribution in [2.75, 3.05) is 18.4 Å². The summed E-state index contributed by atoms with van der Waals surface area (Å²) < 4.78 is 0. The highest BCUT2D eigenvalue weighted by Crippen LogP contribution is 2.25. The third-order valence-electron chi connectivity index (χ3n) is 2.11. The first kappa shape index (κ1) is 10.9. The maximum atomic E-state index is 11.3. The maximum Gasteiger partial charge on any atom is 0.249 e. The Morgan fingerprint density at radius 2 is 1.79 bits per heavy atom. The number of anilines is 1. The van der Waals surface area contributed by atoms with E-state index in [2.05, 4.69) is 5.32 Å². The minimum atomic E-state index is -0.414. The second-order valence-corrected chi connectivity index (χ2v) is 4.37. The third kappa shape index (κ3) is 1.70. The molecule has 0 fully saturated rings. The Bertz CT molecular complexity index is 395. The molecule has 1 aromatic rings. The predicted molar refractivity (Wildman–Crippen MR) is 57.6 cm³/mol. The van der Waals surface area contributed by atoms with Gasteiger partial charge in [0.1, 0.15) is 0 Å². The third-order valence-corrected chi connectivity index (χ3v) is 2.11. The van der Waals surface area contributed by atoms with Crippen LogP contribution in [0, 0.1) is 0 Å². The van der Waals surface area contributed by atoms with Crippen LogP contribution < -0.4 is 21.9 Å². The van der Waals surface area contributed by atoms with E-state index in [-0.39, 0.29) is 10.8 Å². The Labute approximate surface area is 82.8 Å². The fraction of sp³-hybridized carbons (Fsp3) is 0.600. The van der Waals surface area contributed by atoms with Crippen molar-refractivity contribution >= 4 is 5.69 Å². The molecule has 0 saturated heterocycles. The lowest BCUT2D eigenvalue weighted by Crippen LogP contribution is -2.44. The van der Waals surface area contributed by atoms with Gasteiger partial charge in [0.25, 0.3) is 0 Å². The van der Waals surface area contributed by atoms with E-state index in [0.29, 0.717) is 24.3 Å². The van der Waals surface area contributed by atoms with E-state index in [4.69, 9.17) is 5.73 Å². The SMILES string of the molecule is CC(C)(C)c1c(NCCN)c(=O)c1=O. The smallest absolute Gasteiger partial charge is 0.249 e. The van der Waals surface area contributed by atoms with Crippen molar-refractivity contribution in [3.05, 3.63) is 26.0 Å². The van der Waals surface area contributed by atoms with Crippen LogP contribution in [0.1, 0.15) is 26.3 Å². The summed E-state index contributed by atoms with van der Waals surface area (Å²) in [5.74, 6) is 0. The summed E-state index contributed by atoms with van der Waals surface area (Å²) in [6, 6.07) is 0. The normalized spacial score (nSPS) is 12.0. The largest absolute Gasteiger partial charge is 0.380 e. The molecule has 3 N–H and O–H groups in total. The lowest BCUT2D eigenvalue weighted by atomic mass is 9.82. The highest BCUT2D eigenvalue weighted by atomic mass is 16.2. The van der Waals surface area contributed by atoms with Crippen molar-refractivity contribution < 1.29 is 0 Å². The van der Waals surface area contributed by atoms with Gasteiger partial charge >= 0.3 is 0 Å². The maximum absolute atomic E-state index is 11.3. The molecule has 78 valence electrons. The summed E-state index contributed by atoms with van der Waals surface area (Å²) in [6.07, 6.45) is 0. The van der Waals surface area contributed by atoms with Gasteiger partial charge in [0, 0.05) is 18.7 Å². The van der Waals surface area contributed by atoms with Gasteiger partial charge in [-0.3, -0.25) is 9.59 Å². The predicted octanol–water partition coefficient (Wildman–Crippen LogP) is -0.0493. The molecule has 0 spiro atoms. The van der Waals surface area contributed by atoms with E-state index in [1.54, 1.807) is 0 Å². The second kappa shape index (κ2) is 3.53. The molecule has 0 aliphatic carbocycles. The highest BCUT2D eigenvalue weighted by Gasteiger charge is 2.29. The fourth-order valence-corrected chi connectivity index (χ4v) is 1.47. The Morgan fingerprint density at radius 1 is 1.21 bits per heavy atom. The quantitative estimate of drug-likeness (QED) is 0.665. The van der Waals surface area contributed by atoms with Gasteiger partial charge in [0.05, 0.1) is 5.69 Å². The molecule has 1 rings (SSSR count). The summed E-state index contributed by atoms with van der Waals surface area (Å²) in [5.41, 5.74) is 5.30. The Balaban J connectivity index is 3.02. The molecule has 4 nitrogen and oxygen atoms in total. The monoisotopic (exact) mass is 196 g/mol. The molecule has 4 heteroatoms. The van der Waals surface area contributed by atoms with Crippen molar-refractivity contribution in [2.24, 2.45) is 5.73 Å². The van der Waals surface area contributed by atoms with Gasteiger partial charge in [-0.1, -0.05) is 20.8 Å². The Kier molecular flexibility index (Phi) is 2.76. The van der Waals surface area contributed by atoms with Crippen LogP contribution in [0.4, 0.5) is 5.69 Å². The van der Waals surface area contributed by atoms with Gasteiger partial charge in [0.15, 0.2) is 0 Å². The molecule has 0 aliphatic heterocycles. The van der Waals surface area contributed by atoms with Gasteiger partial charge in [-0.05, 0) is 5.41 Å². The van der Waals surface area contributed by atoms with E-state index < -0.39 is 5.43 Å². The van der Waals surface area contributed by atoms with Crippen LogP contribution in [0.5, 0.6) is 0 Å². The first-order chi connectivity index (χ1) is 6.39. The summed E-state index contributed by atoms with van der Waals surface area (Å²) in [6.45, 7) is 6.71. The number of hydrogen-bond donors (Lipinski definition) is 2. The molecule has 0 unspecified atom stereocenters. The molecular formula is C10H16N2O2. The number of nitrogens with two attached hydrogens (primary N) is 1. The van der Waals surface area contributed by atoms with Crippen LogP contribution >= 0.6 is 0 Å². The summed E-state index contributed by atoms with van der Waals surface area (Å²) in [7, 11) is 0. The molecule has 0 bridgehead atoms. The molecule has 0 heterocycles. The standard InChI is InChI=1S/C10H16N2O2/c1-10(2,3)6-7(12-5-4-11)9(14)8(6)13/h12H,4-5,11H2,1-3H3. The van der Waals surface area contributed by atoms with Crippen LogP contribution in [-0.2, 0) is 5.41 Å². The minimum Gasteiger partial charge on any atom is -0.380 e. The Morgan fingerprint density at radius 3 is 2.21 bits per heavy atom. The average Bonchev–Trinajstić information content (AvgIpc) is 2.08. The van der Waals surface area contributed by atoms with Crippen LogP contribution in [-0.4, -0.2) is 13.1 Å². The lowest BCUT2D eigenvalue weighted by molar-refractivity contribution is 0.580. The van der Waals surface area contributed by atoms with E-state index in [9.17, 15) is 9.59 Å². The summed E-state index contributed by atoms with van der Waals surface area (Å²) in [5, 5.41) is 2.89. The number of rotatable bonds is 3. The van der Waals surface area contributed by atoms with Gasteiger partial charge in [-0.15, -0.1) is 0 Å². The van der Waals surface area contributed by atoms with E-state index in [0.717, 1.165) is 0 Å². The van der Waals surface area contributed by atoms with E-state index in [1.165, 1.54) is 0 Å². The van der Waals surface area contributed by atoms with Crippen molar-refractivity contribution in [1.82, 2.24) is 0 Å². The zero-order chi connectivity index (χ0) is 10.9. The molecule has 0 atom stereocenters. The Hall–Kier alpha value is -1.16. The van der Waals surface area contributed by atoms with Crippen LogP contribution in [0.3, 0.4) is 0 Å². The first-order valence-corrected chi connectivity index (χ1v) is 4.67. The van der Waals surface area contributed by atoms with Crippen LogP contribution in [0.2, 0.25) is 0 Å². The van der Waals surface area contributed by atoms with Crippen molar-refractivity contribution in [3.8, 4) is 0 Å². The van der Waals surface area contributed by atoms with Crippen molar-refractivity contribution in [2.45, 2.75) is 26.2 Å². The molecular weight excluding hydrogens is 180 g/mol. The summed E-state index contributed by atoms with van der Waals surface area (Å²) >= 11 is 0. The topological polar surface area (TPSA) is 72.2 Å². The lowest BCUT2D eigenvalue weighted by Gasteiger charge is -2.23. The van der Waals surface area contributed by atoms with Gasteiger partial charge in [0.2, 0.25) is 10.9 Å². The molecule has 0 radical (unpaired) electrons. The zero-order valence-electron chi connectivity index (χ0n) is 8.81. The first-order valence-electron chi connectivity index (χ1n) is 4.67. The minimum absolute atomic E-state index is 0.276. The van der Waals surface area contributed by atoms with Crippen molar-refractivity contribution in [3.63, 3.8) is 0 Å². The molecule has 1 aromatic carbocycles. The van der Waals surface area contributed by atoms with E-state index >= 15 is 0 Å². The molecule has 0 amide bonds. The fourth-order valence-electron chi connectivity index (χ4n) is 1.47. The zero-order valence-corrected chi connectivity index (χ0v) is 8.81. The molecule has 0 saturated carbocycles. The van der Waals surface area contributed by atoms with Crippen LogP contribution in [0.25, 0.3) is 0 Å². The van der Waals surface area contributed by atoms with Crippen molar-refractivity contribution in [1.29, 1.82) is 0 Å². The van der Waals surface area contributed by atoms with E-state index in [1.807, 2.05) is 20.8 Å². The second-order valence-electron chi connectivity index (χ2n) is 4.37. The molecule has 14 heavy (non-hydrogen) atoms.